The Kier molecular flexibility index (Phi) is 6.08. The molecule has 1 unspecified atom stereocenters. The van der Waals surface area contributed by atoms with E-state index >= 15 is 0 Å². The lowest BCUT2D eigenvalue weighted by Gasteiger charge is -2.14. The Balaban J connectivity index is 1.74. The Morgan fingerprint density at radius 1 is 0.903 bits per heavy atom. The molecule has 0 fully saturated rings. The summed E-state index contributed by atoms with van der Waals surface area (Å²) < 4.78 is 5.72. The molecule has 0 saturated heterocycles. The van der Waals surface area contributed by atoms with E-state index < -0.39 is 0 Å². The molecule has 1 aromatic heterocycles. The van der Waals surface area contributed by atoms with Crippen LogP contribution in [0.3, 0.4) is 0 Å². The standard InChI is InChI=1S/C25H23ClN2O2S/c1-14-8-9-21(12-15(14)2)31-23(18-6-5-7-20(26)13-18)25-27-24(28-30-25)19-10-16(3)22(29)17(4)11-19/h5-13,23,29H,1-4H3. The van der Waals surface area contributed by atoms with Gasteiger partial charge in [0.2, 0.25) is 11.7 Å². The first-order valence-electron chi connectivity index (χ1n) is 9.95. The maximum atomic E-state index is 10.1. The highest BCUT2D eigenvalue weighted by molar-refractivity contribution is 7.99. The van der Waals surface area contributed by atoms with E-state index in [4.69, 9.17) is 21.1 Å². The van der Waals surface area contributed by atoms with E-state index in [9.17, 15) is 5.11 Å². The highest BCUT2D eigenvalue weighted by Crippen LogP contribution is 2.41. The van der Waals surface area contributed by atoms with Crippen LogP contribution in [0.5, 0.6) is 5.75 Å². The van der Waals surface area contributed by atoms with Crippen LogP contribution in [0.2, 0.25) is 5.02 Å². The number of phenols is 1. The highest BCUT2D eigenvalue weighted by atomic mass is 35.5. The summed E-state index contributed by atoms with van der Waals surface area (Å²) in [5.74, 6) is 1.28. The molecule has 1 heterocycles. The van der Waals surface area contributed by atoms with Crippen molar-refractivity contribution in [2.45, 2.75) is 37.8 Å². The fraction of sp³-hybridized carbons (Fsp3) is 0.200. The van der Waals surface area contributed by atoms with Gasteiger partial charge in [0, 0.05) is 15.5 Å². The third-order valence-electron chi connectivity index (χ3n) is 5.30. The number of aromatic nitrogens is 2. The molecule has 0 aliphatic rings. The van der Waals surface area contributed by atoms with Crippen molar-refractivity contribution in [3.63, 3.8) is 0 Å². The van der Waals surface area contributed by atoms with Crippen LogP contribution < -0.4 is 0 Å². The van der Waals surface area contributed by atoms with Gasteiger partial charge in [0.1, 0.15) is 11.0 Å². The molecular weight excluding hydrogens is 428 g/mol. The van der Waals surface area contributed by atoms with Gasteiger partial charge in [0.15, 0.2) is 0 Å². The number of hydrogen-bond acceptors (Lipinski definition) is 5. The molecule has 0 saturated carbocycles. The second kappa shape index (κ2) is 8.77. The SMILES string of the molecule is Cc1ccc(SC(c2cccc(Cl)c2)c2nc(-c3cc(C)c(O)c(C)c3)no2)cc1C. The minimum Gasteiger partial charge on any atom is -0.507 e. The van der Waals surface area contributed by atoms with Gasteiger partial charge in [-0.05, 0) is 91.9 Å². The molecule has 0 radical (unpaired) electrons. The van der Waals surface area contributed by atoms with E-state index in [0.29, 0.717) is 16.7 Å². The zero-order valence-electron chi connectivity index (χ0n) is 17.8. The Hall–Kier alpha value is -2.76. The Morgan fingerprint density at radius 2 is 1.65 bits per heavy atom. The van der Waals surface area contributed by atoms with Gasteiger partial charge < -0.3 is 9.63 Å². The minimum atomic E-state index is -0.207. The van der Waals surface area contributed by atoms with E-state index in [1.54, 1.807) is 11.8 Å². The number of nitrogens with zero attached hydrogens (tertiary/aromatic N) is 2. The van der Waals surface area contributed by atoms with Crippen LogP contribution >= 0.6 is 23.4 Å². The van der Waals surface area contributed by atoms with Crippen molar-refractivity contribution in [3.8, 4) is 17.1 Å². The van der Waals surface area contributed by atoms with Crippen molar-refractivity contribution in [2.24, 2.45) is 0 Å². The first kappa shape index (κ1) is 21.5. The molecule has 4 nitrogen and oxygen atoms in total. The first-order chi connectivity index (χ1) is 14.8. The second-order valence-electron chi connectivity index (χ2n) is 7.71. The molecule has 31 heavy (non-hydrogen) atoms. The lowest BCUT2D eigenvalue weighted by atomic mass is 10.1. The average Bonchev–Trinajstić information content (AvgIpc) is 3.22. The maximum Gasteiger partial charge on any atom is 0.244 e. The lowest BCUT2D eigenvalue weighted by Crippen LogP contribution is -1.98. The number of benzene rings is 3. The topological polar surface area (TPSA) is 59.2 Å². The molecule has 3 aromatic carbocycles. The van der Waals surface area contributed by atoms with Crippen LogP contribution in [0.15, 0.2) is 64.0 Å². The quantitative estimate of drug-likeness (QED) is 0.325. The number of aryl methyl sites for hydroxylation is 4. The Bertz CT molecular complexity index is 1230. The lowest BCUT2D eigenvalue weighted by molar-refractivity contribution is 0.384. The van der Waals surface area contributed by atoms with Crippen molar-refractivity contribution in [3.05, 3.63) is 93.3 Å². The zero-order valence-corrected chi connectivity index (χ0v) is 19.4. The summed E-state index contributed by atoms with van der Waals surface area (Å²) in [6, 6.07) is 17.8. The van der Waals surface area contributed by atoms with Crippen molar-refractivity contribution in [1.82, 2.24) is 10.1 Å². The maximum absolute atomic E-state index is 10.1. The van der Waals surface area contributed by atoms with E-state index in [1.165, 1.54) is 11.1 Å². The Labute approximate surface area is 191 Å². The summed E-state index contributed by atoms with van der Waals surface area (Å²) in [5, 5.41) is 14.8. The van der Waals surface area contributed by atoms with Crippen molar-refractivity contribution in [1.29, 1.82) is 0 Å². The smallest absolute Gasteiger partial charge is 0.244 e. The molecule has 0 aliphatic carbocycles. The zero-order chi connectivity index (χ0) is 22.1. The fourth-order valence-corrected chi connectivity index (χ4v) is 4.74. The molecule has 158 valence electrons. The molecule has 0 aliphatic heterocycles. The molecular formula is C25H23ClN2O2S. The Morgan fingerprint density at radius 3 is 2.32 bits per heavy atom. The molecule has 4 aromatic rings. The second-order valence-corrected chi connectivity index (χ2v) is 9.33. The first-order valence-corrected chi connectivity index (χ1v) is 11.2. The molecule has 1 N–H and O–H groups in total. The van der Waals surface area contributed by atoms with Crippen LogP contribution in [0, 0.1) is 27.7 Å². The normalized spacial score (nSPS) is 12.2. The van der Waals surface area contributed by atoms with E-state index in [2.05, 4.69) is 37.2 Å². The van der Waals surface area contributed by atoms with Crippen LogP contribution in [0.4, 0.5) is 0 Å². The summed E-state index contributed by atoms with van der Waals surface area (Å²) in [6.45, 7) is 7.92. The highest BCUT2D eigenvalue weighted by Gasteiger charge is 2.24. The monoisotopic (exact) mass is 450 g/mol. The van der Waals surface area contributed by atoms with Gasteiger partial charge in [-0.25, -0.2) is 0 Å². The molecule has 0 spiro atoms. The van der Waals surface area contributed by atoms with Crippen molar-refractivity contribution < 1.29 is 9.63 Å². The number of hydrogen-bond donors (Lipinski definition) is 1. The summed E-state index contributed by atoms with van der Waals surface area (Å²) in [4.78, 5) is 5.83. The van der Waals surface area contributed by atoms with Crippen LogP contribution in [0.25, 0.3) is 11.4 Å². The number of phenolic OH excluding ortho intramolecular Hbond substituents is 1. The molecule has 0 bridgehead atoms. The van der Waals surface area contributed by atoms with E-state index in [-0.39, 0.29) is 11.0 Å². The van der Waals surface area contributed by atoms with E-state index in [1.807, 2.05) is 50.2 Å². The number of rotatable bonds is 5. The van der Waals surface area contributed by atoms with E-state index in [0.717, 1.165) is 27.1 Å². The third kappa shape index (κ3) is 4.63. The van der Waals surface area contributed by atoms with Crippen LogP contribution in [-0.4, -0.2) is 15.2 Å². The number of aromatic hydroxyl groups is 1. The van der Waals surface area contributed by atoms with Crippen molar-refractivity contribution >= 4 is 23.4 Å². The van der Waals surface area contributed by atoms with Gasteiger partial charge in [-0.2, -0.15) is 4.98 Å². The summed E-state index contributed by atoms with van der Waals surface area (Å²) in [7, 11) is 0. The molecule has 6 heteroatoms. The number of halogens is 1. The van der Waals surface area contributed by atoms with Gasteiger partial charge in [0.25, 0.3) is 0 Å². The fourth-order valence-electron chi connectivity index (χ4n) is 3.40. The summed E-state index contributed by atoms with van der Waals surface area (Å²) in [6.07, 6.45) is 0. The predicted octanol–water partition coefficient (Wildman–Crippen LogP) is 7.21. The van der Waals surface area contributed by atoms with Gasteiger partial charge in [0.05, 0.1) is 0 Å². The summed E-state index contributed by atoms with van der Waals surface area (Å²) >= 11 is 7.93. The molecule has 1 atom stereocenters. The van der Waals surface area contributed by atoms with Gasteiger partial charge in [-0.15, -0.1) is 11.8 Å². The van der Waals surface area contributed by atoms with Gasteiger partial charge in [-0.3, -0.25) is 0 Å². The van der Waals surface area contributed by atoms with Crippen LogP contribution in [0.1, 0.15) is 39.0 Å². The summed E-state index contributed by atoms with van der Waals surface area (Å²) in [5.41, 5.74) is 5.83. The van der Waals surface area contributed by atoms with Gasteiger partial charge in [-0.1, -0.05) is 35.0 Å². The molecule has 4 rings (SSSR count). The molecule has 0 amide bonds. The third-order valence-corrected chi connectivity index (χ3v) is 6.77. The minimum absolute atomic E-state index is 0.207. The van der Waals surface area contributed by atoms with Crippen molar-refractivity contribution in [2.75, 3.05) is 0 Å². The van der Waals surface area contributed by atoms with Gasteiger partial charge >= 0.3 is 0 Å². The average molecular weight is 451 g/mol. The number of thioether (sulfide) groups is 1. The van der Waals surface area contributed by atoms with Crippen LogP contribution in [-0.2, 0) is 0 Å². The predicted molar refractivity (Wildman–Crippen MR) is 126 cm³/mol. The largest absolute Gasteiger partial charge is 0.507 e.